The number of hydrogen-bond donors (Lipinski definition) is 0. The number of imide groups is 1. The summed E-state index contributed by atoms with van der Waals surface area (Å²) in [5, 5.41) is 0. The predicted molar refractivity (Wildman–Crippen MR) is 69.0 cm³/mol. The Hall–Kier alpha value is -1.65. The number of hydrogen-bond acceptors (Lipinski definition) is 3. The molecule has 0 N–H and O–H groups in total. The van der Waals surface area contributed by atoms with Gasteiger partial charge in [-0.1, -0.05) is 12.8 Å². The minimum atomic E-state index is -0.0190. The van der Waals surface area contributed by atoms with Crippen LogP contribution in [0.4, 0.5) is 0 Å². The zero-order valence-corrected chi connectivity index (χ0v) is 11.0. The van der Waals surface area contributed by atoms with Crippen LogP contribution in [0.15, 0.2) is 18.7 Å². The molecule has 1 saturated heterocycles. The fourth-order valence-electron chi connectivity index (χ4n) is 3.28. The highest BCUT2D eigenvalue weighted by atomic mass is 16.2. The highest BCUT2D eigenvalue weighted by Gasteiger charge is 2.47. The molecule has 2 amide bonds. The van der Waals surface area contributed by atoms with Crippen molar-refractivity contribution < 1.29 is 9.59 Å². The molecule has 2 aliphatic rings. The Labute approximate surface area is 112 Å². The first-order valence-corrected chi connectivity index (χ1v) is 7.08. The third-order valence-corrected chi connectivity index (χ3v) is 4.29. The van der Waals surface area contributed by atoms with Crippen molar-refractivity contribution in [3.05, 3.63) is 18.7 Å². The number of carbonyl (C=O) groups excluding carboxylic acids is 2. The zero-order valence-electron chi connectivity index (χ0n) is 11.0. The van der Waals surface area contributed by atoms with Crippen molar-refractivity contribution in [2.45, 2.75) is 38.6 Å². The lowest BCUT2D eigenvalue weighted by atomic mass is 9.81. The zero-order chi connectivity index (χ0) is 13.2. The molecule has 1 aromatic heterocycles. The molecule has 3 rings (SSSR count). The number of fused-ring (bicyclic) bond motifs is 1. The molecule has 102 valence electrons. The van der Waals surface area contributed by atoms with E-state index in [2.05, 4.69) is 4.98 Å². The maximum atomic E-state index is 12.2. The van der Waals surface area contributed by atoms with Crippen molar-refractivity contribution in [3.63, 3.8) is 0 Å². The van der Waals surface area contributed by atoms with Crippen molar-refractivity contribution in [2.24, 2.45) is 11.8 Å². The molecule has 1 aliphatic heterocycles. The van der Waals surface area contributed by atoms with Gasteiger partial charge in [-0.05, 0) is 19.3 Å². The summed E-state index contributed by atoms with van der Waals surface area (Å²) in [6.07, 6.45) is 10.2. The summed E-state index contributed by atoms with van der Waals surface area (Å²) in [6, 6.07) is 0. The quantitative estimate of drug-likeness (QED) is 0.771. The minimum Gasteiger partial charge on any atom is -0.337 e. The molecule has 1 saturated carbocycles. The smallest absolute Gasteiger partial charge is 0.233 e. The number of imidazole rings is 1. The molecule has 19 heavy (non-hydrogen) atoms. The van der Waals surface area contributed by atoms with Gasteiger partial charge in [-0.15, -0.1) is 0 Å². The van der Waals surface area contributed by atoms with Crippen LogP contribution in [0.5, 0.6) is 0 Å². The summed E-state index contributed by atoms with van der Waals surface area (Å²) >= 11 is 0. The SMILES string of the molecule is O=C1C2CCCCC2C(=O)N1CCCn1ccnc1. The number of rotatable bonds is 4. The van der Waals surface area contributed by atoms with Gasteiger partial charge in [0.15, 0.2) is 0 Å². The average Bonchev–Trinajstić information content (AvgIpc) is 3.02. The van der Waals surface area contributed by atoms with Gasteiger partial charge in [0, 0.05) is 25.5 Å². The van der Waals surface area contributed by atoms with Crippen LogP contribution in [0.3, 0.4) is 0 Å². The van der Waals surface area contributed by atoms with E-state index in [4.69, 9.17) is 0 Å². The van der Waals surface area contributed by atoms with Crippen LogP contribution < -0.4 is 0 Å². The van der Waals surface area contributed by atoms with E-state index >= 15 is 0 Å². The Kier molecular flexibility index (Phi) is 3.36. The first-order chi connectivity index (χ1) is 9.27. The van der Waals surface area contributed by atoms with E-state index in [1.54, 1.807) is 12.5 Å². The Balaban J connectivity index is 1.58. The van der Waals surface area contributed by atoms with E-state index in [0.29, 0.717) is 6.54 Å². The minimum absolute atomic E-state index is 0.0190. The van der Waals surface area contributed by atoms with Gasteiger partial charge >= 0.3 is 0 Å². The molecule has 0 radical (unpaired) electrons. The van der Waals surface area contributed by atoms with Crippen LogP contribution in [0, 0.1) is 11.8 Å². The summed E-state index contributed by atoms with van der Waals surface area (Å²) in [5.74, 6) is 0.102. The second-order valence-electron chi connectivity index (χ2n) is 5.48. The topological polar surface area (TPSA) is 55.2 Å². The fraction of sp³-hybridized carbons (Fsp3) is 0.643. The summed E-state index contributed by atoms with van der Waals surface area (Å²) < 4.78 is 1.97. The van der Waals surface area contributed by atoms with Crippen LogP contribution in [0.25, 0.3) is 0 Å². The first-order valence-electron chi connectivity index (χ1n) is 7.08. The standard InChI is InChI=1S/C14H19N3O2/c18-13-11-4-1-2-5-12(11)14(19)17(13)8-3-7-16-9-6-15-10-16/h6,9-12H,1-5,7-8H2. The maximum Gasteiger partial charge on any atom is 0.233 e. The normalized spacial score (nSPS) is 26.8. The van der Waals surface area contributed by atoms with Crippen LogP contribution in [-0.2, 0) is 16.1 Å². The summed E-state index contributed by atoms with van der Waals surface area (Å²) in [4.78, 5) is 29.9. The van der Waals surface area contributed by atoms with E-state index in [1.807, 2.05) is 10.8 Å². The van der Waals surface area contributed by atoms with Crippen LogP contribution in [-0.4, -0.2) is 32.8 Å². The Morgan fingerprint density at radius 2 is 1.79 bits per heavy atom. The number of aromatic nitrogens is 2. The molecule has 0 spiro atoms. The third-order valence-electron chi connectivity index (χ3n) is 4.29. The molecule has 1 aromatic rings. The average molecular weight is 261 g/mol. The number of amides is 2. The van der Waals surface area contributed by atoms with E-state index in [9.17, 15) is 9.59 Å². The molecule has 1 aliphatic carbocycles. The van der Waals surface area contributed by atoms with Crippen molar-refractivity contribution in [1.82, 2.24) is 14.5 Å². The van der Waals surface area contributed by atoms with E-state index < -0.39 is 0 Å². The van der Waals surface area contributed by atoms with Crippen molar-refractivity contribution in [3.8, 4) is 0 Å². The van der Waals surface area contributed by atoms with Gasteiger partial charge in [-0.2, -0.15) is 0 Å². The number of likely N-dealkylation sites (tertiary alicyclic amines) is 1. The molecule has 5 heteroatoms. The van der Waals surface area contributed by atoms with Gasteiger partial charge in [0.2, 0.25) is 11.8 Å². The molecule has 5 nitrogen and oxygen atoms in total. The number of carbonyl (C=O) groups is 2. The number of nitrogens with zero attached hydrogens (tertiary/aromatic N) is 3. The van der Waals surface area contributed by atoms with Crippen LogP contribution in [0.2, 0.25) is 0 Å². The Bertz CT molecular complexity index is 445. The lowest BCUT2D eigenvalue weighted by Gasteiger charge is -2.19. The lowest BCUT2D eigenvalue weighted by Crippen LogP contribution is -2.32. The van der Waals surface area contributed by atoms with Gasteiger partial charge in [0.05, 0.1) is 18.2 Å². The number of aryl methyl sites for hydroxylation is 1. The van der Waals surface area contributed by atoms with E-state index in [0.717, 1.165) is 38.6 Å². The summed E-state index contributed by atoms with van der Waals surface area (Å²) in [7, 11) is 0. The third kappa shape index (κ3) is 2.29. The molecule has 2 fully saturated rings. The molecular formula is C14H19N3O2. The lowest BCUT2D eigenvalue weighted by molar-refractivity contribution is -0.140. The van der Waals surface area contributed by atoms with Crippen molar-refractivity contribution >= 4 is 11.8 Å². The molecule has 2 heterocycles. The molecule has 2 atom stereocenters. The molecule has 0 aromatic carbocycles. The highest BCUT2D eigenvalue weighted by Crippen LogP contribution is 2.37. The van der Waals surface area contributed by atoms with Crippen LogP contribution in [0.1, 0.15) is 32.1 Å². The van der Waals surface area contributed by atoms with Gasteiger partial charge in [0.25, 0.3) is 0 Å². The Morgan fingerprint density at radius 3 is 2.37 bits per heavy atom. The van der Waals surface area contributed by atoms with Crippen LogP contribution >= 0.6 is 0 Å². The van der Waals surface area contributed by atoms with E-state index in [-0.39, 0.29) is 23.7 Å². The predicted octanol–water partition coefficient (Wildman–Crippen LogP) is 1.45. The van der Waals surface area contributed by atoms with Gasteiger partial charge < -0.3 is 4.57 Å². The highest BCUT2D eigenvalue weighted by molar-refractivity contribution is 6.05. The molecule has 0 bridgehead atoms. The maximum absolute atomic E-state index is 12.2. The van der Waals surface area contributed by atoms with Gasteiger partial charge in [-0.25, -0.2) is 4.98 Å². The summed E-state index contributed by atoms with van der Waals surface area (Å²) in [6.45, 7) is 1.34. The second-order valence-corrected chi connectivity index (χ2v) is 5.48. The largest absolute Gasteiger partial charge is 0.337 e. The van der Waals surface area contributed by atoms with Crippen molar-refractivity contribution in [1.29, 1.82) is 0 Å². The van der Waals surface area contributed by atoms with Gasteiger partial charge in [0.1, 0.15) is 0 Å². The molecule has 2 unspecified atom stereocenters. The fourth-order valence-corrected chi connectivity index (χ4v) is 3.28. The van der Waals surface area contributed by atoms with Crippen molar-refractivity contribution in [2.75, 3.05) is 6.54 Å². The molecular weight excluding hydrogens is 242 g/mol. The first kappa shape index (κ1) is 12.4. The summed E-state index contributed by atoms with van der Waals surface area (Å²) in [5.41, 5.74) is 0. The monoisotopic (exact) mass is 261 g/mol. The van der Waals surface area contributed by atoms with Gasteiger partial charge in [-0.3, -0.25) is 14.5 Å². The van der Waals surface area contributed by atoms with E-state index in [1.165, 1.54) is 4.90 Å². The Morgan fingerprint density at radius 1 is 1.11 bits per heavy atom. The second kappa shape index (κ2) is 5.15.